The van der Waals surface area contributed by atoms with Crippen LogP contribution in [0, 0.1) is 5.92 Å². The Morgan fingerprint density at radius 2 is 1.28 bits per heavy atom. The molecule has 2 saturated carbocycles. The van der Waals surface area contributed by atoms with Gasteiger partial charge in [-0.2, -0.15) is 0 Å². The highest BCUT2D eigenvalue weighted by atomic mass is 16.2. The van der Waals surface area contributed by atoms with E-state index in [1.54, 1.807) is 6.20 Å². The van der Waals surface area contributed by atoms with Crippen LogP contribution < -0.4 is 21.8 Å². The summed E-state index contributed by atoms with van der Waals surface area (Å²) in [4.78, 5) is 70.8. The van der Waals surface area contributed by atoms with E-state index in [0.717, 1.165) is 81.9 Å². The zero-order chi connectivity index (χ0) is 41.5. The Balaban J connectivity index is 1.00. The lowest BCUT2D eigenvalue weighted by Gasteiger charge is -2.41. The third kappa shape index (κ3) is 6.30. The van der Waals surface area contributed by atoms with Crippen molar-refractivity contribution in [1.29, 1.82) is 0 Å². The lowest BCUT2D eigenvalue weighted by molar-refractivity contribution is -0.130. The summed E-state index contributed by atoms with van der Waals surface area (Å²) in [5.41, 5.74) is 8.55. The number of aromatic nitrogens is 4. The lowest BCUT2D eigenvalue weighted by atomic mass is 9.64. The lowest BCUT2D eigenvalue weighted by Crippen LogP contribution is -2.55. The number of nitrogens with zero attached hydrogens (tertiary/aromatic N) is 2. The molecule has 0 spiro atoms. The number of fused-ring (bicyclic) bond motifs is 2. The summed E-state index contributed by atoms with van der Waals surface area (Å²) >= 11 is 0. The first-order valence-corrected chi connectivity index (χ1v) is 21.5. The molecule has 4 aliphatic rings. The summed E-state index contributed by atoms with van der Waals surface area (Å²) in [6.07, 6.45) is 8.43. The van der Waals surface area contributed by atoms with Crippen molar-refractivity contribution in [3.05, 3.63) is 133 Å². The van der Waals surface area contributed by atoms with Gasteiger partial charge in [0.25, 0.3) is 11.1 Å². The summed E-state index contributed by atoms with van der Waals surface area (Å²) in [5.74, 6) is 0.402. The number of H-pyrrole nitrogens is 2. The fourth-order valence-electron chi connectivity index (χ4n) is 10.2. The molecule has 4 N–H and O–H groups in total. The first-order chi connectivity index (χ1) is 28.9. The van der Waals surface area contributed by atoms with Crippen LogP contribution in [0.3, 0.4) is 0 Å². The molecule has 4 fully saturated rings. The van der Waals surface area contributed by atoms with Gasteiger partial charge >= 0.3 is 0 Å². The zero-order valence-corrected chi connectivity index (χ0v) is 34.6. The van der Waals surface area contributed by atoms with Crippen molar-refractivity contribution in [3.63, 3.8) is 0 Å². The third-order valence-corrected chi connectivity index (χ3v) is 14.2. The van der Waals surface area contributed by atoms with E-state index in [9.17, 15) is 19.2 Å². The van der Waals surface area contributed by atoms with Crippen molar-refractivity contribution < 1.29 is 9.59 Å². The van der Waals surface area contributed by atoms with E-state index >= 15 is 0 Å². The van der Waals surface area contributed by atoms with Gasteiger partial charge in [0.15, 0.2) is 0 Å². The molecule has 6 heterocycles. The number of piperidine rings is 2. The van der Waals surface area contributed by atoms with E-state index in [1.165, 1.54) is 11.1 Å². The van der Waals surface area contributed by atoms with Crippen LogP contribution in [0.2, 0.25) is 0 Å². The van der Waals surface area contributed by atoms with Gasteiger partial charge in [0.05, 0.1) is 27.6 Å². The second-order valence-corrected chi connectivity index (χ2v) is 18.0. The molecule has 0 radical (unpaired) electrons. The highest BCUT2D eigenvalue weighted by molar-refractivity contribution is 5.92. The van der Waals surface area contributed by atoms with Gasteiger partial charge in [0.2, 0.25) is 11.8 Å². The smallest absolute Gasteiger partial charge is 0.252 e. The Bertz CT molecular complexity index is 2940. The maximum atomic E-state index is 14.2. The Hall–Kier alpha value is -6.16. The Labute approximate surface area is 348 Å². The minimum absolute atomic E-state index is 0.111. The molecule has 10 rings (SSSR count). The molecule has 10 nitrogen and oxygen atoms in total. The van der Waals surface area contributed by atoms with Crippen molar-refractivity contribution >= 4 is 39.2 Å². The fourth-order valence-corrected chi connectivity index (χ4v) is 10.2. The third-order valence-electron chi connectivity index (χ3n) is 14.2. The summed E-state index contributed by atoms with van der Waals surface area (Å²) < 4.78 is 0. The average Bonchev–Trinajstić information content (AvgIpc) is 4.19. The number of aromatic amines is 2. The molecule has 2 amide bonds. The van der Waals surface area contributed by atoms with Crippen LogP contribution in [0.4, 0.5) is 0 Å². The maximum Gasteiger partial charge on any atom is 0.252 e. The number of nitrogens with one attached hydrogen (secondary N) is 4. The largest absolute Gasteiger partial charge is 0.355 e. The first kappa shape index (κ1) is 38.1. The number of benzene rings is 2. The van der Waals surface area contributed by atoms with Gasteiger partial charge < -0.3 is 20.6 Å². The molecule has 0 bridgehead atoms. The molecule has 6 aromatic rings. The van der Waals surface area contributed by atoms with Gasteiger partial charge in [-0.05, 0) is 150 Å². The number of hydrogen-bond donors (Lipinski definition) is 4. The number of rotatable bonds is 8. The predicted molar refractivity (Wildman–Crippen MR) is 236 cm³/mol. The average molecular weight is 799 g/mol. The predicted octanol–water partition coefficient (Wildman–Crippen LogP) is 8.30. The van der Waals surface area contributed by atoms with Crippen molar-refractivity contribution in [3.8, 4) is 22.5 Å². The number of carbonyl (C=O) groups excluding carboxylic acids is 2. The zero-order valence-electron chi connectivity index (χ0n) is 34.6. The van der Waals surface area contributed by atoms with E-state index in [1.807, 2.05) is 56.3 Å². The molecule has 2 aliphatic carbocycles. The molecule has 4 aromatic heterocycles. The Kier molecular flexibility index (Phi) is 9.04. The number of amides is 2. The number of carbonyl (C=O) groups is 2. The number of hydrogen-bond acceptors (Lipinski definition) is 6. The second kappa shape index (κ2) is 14.2. The highest BCUT2D eigenvalue weighted by Gasteiger charge is 2.48. The van der Waals surface area contributed by atoms with E-state index in [-0.39, 0.29) is 28.9 Å². The minimum Gasteiger partial charge on any atom is -0.355 e. The van der Waals surface area contributed by atoms with Crippen molar-refractivity contribution in [2.45, 2.75) is 95.3 Å². The van der Waals surface area contributed by atoms with Gasteiger partial charge in [-0.15, -0.1) is 0 Å². The normalized spacial score (nSPS) is 23.6. The van der Waals surface area contributed by atoms with Gasteiger partial charge in [-0.1, -0.05) is 29.8 Å². The topological polar surface area (TPSA) is 150 Å². The van der Waals surface area contributed by atoms with E-state index in [2.05, 4.69) is 69.8 Å². The van der Waals surface area contributed by atoms with Crippen LogP contribution in [-0.2, 0) is 20.4 Å². The van der Waals surface area contributed by atoms with Crippen LogP contribution in [0.1, 0.15) is 112 Å². The molecule has 2 aromatic carbocycles. The van der Waals surface area contributed by atoms with Crippen LogP contribution >= 0.6 is 0 Å². The van der Waals surface area contributed by atoms with Crippen molar-refractivity contribution in [2.24, 2.45) is 5.92 Å². The molecule has 3 atom stereocenters. The number of pyridine rings is 4. The first-order valence-electron chi connectivity index (χ1n) is 21.5. The molecule has 2 aliphatic heterocycles. The van der Waals surface area contributed by atoms with Crippen LogP contribution in [0.25, 0.3) is 49.9 Å². The Morgan fingerprint density at radius 1 is 0.667 bits per heavy atom. The van der Waals surface area contributed by atoms with Gasteiger partial charge in [-0.3, -0.25) is 24.2 Å². The van der Waals surface area contributed by atoms with Crippen LogP contribution in [0.5, 0.6) is 0 Å². The van der Waals surface area contributed by atoms with E-state index < -0.39 is 10.8 Å². The van der Waals surface area contributed by atoms with Gasteiger partial charge in [0.1, 0.15) is 0 Å². The van der Waals surface area contributed by atoms with Gasteiger partial charge in [0, 0.05) is 69.6 Å². The molecule has 2 saturated heterocycles. The highest BCUT2D eigenvalue weighted by Crippen LogP contribution is 2.47. The van der Waals surface area contributed by atoms with Crippen molar-refractivity contribution in [1.82, 2.24) is 30.6 Å². The monoisotopic (exact) mass is 798 g/mol. The molecule has 60 heavy (non-hydrogen) atoms. The standard InChI is InChI=1S/C50H50N6O4/c1-27(37-18-22-53-48(60)50(37,4)39-14-17-42(56-46(39)58)31-23-35(29-8-9-29)33-7-5-20-51-43(33)25-31)28(2)40-15-12-34-36(30-10-11-30)24-32(26-44(34)54-40)41-16-13-38(45(57)55-41)49(3)19-6-21-52-47(49)59/h5,7,12-17,20,23-26,29-30,37H,6,8-11,18-19,21-22H2,1-4H3,(H,52,59)(H,53,60)(H,55,57)(H,56,58)/b28-27+/t37?,49-,50-/m1/s1. The van der Waals surface area contributed by atoms with Crippen LogP contribution in [-0.4, -0.2) is 44.8 Å². The SMILES string of the molecule is C/C(=C(/C)C1CCNC(=O)[C@@]1(C)c1ccc(-c2cc(C3CC3)c3cccnc3c2)[nH]c1=O)c1ccc2c(C3CC3)cc(-c3ccc([C@@]4(C)CCCNC4=O)c(=O)[nH]3)cc2n1. The fraction of sp³-hybridized carbons (Fsp3) is 0.360. The molecule has 10 heteroatoms. The van der Waals surface area contributed by atoms with Crippen LogP contribution in [0.15, 0.2) is 94.2 Å². The van der Waals surface area contributed by atoms with Gasteiger partial charge in [-0.25, -0.2) is 4.98 Å². The molecule has 1 unspecified atom stereocenters. The van der Waals surface area contributed by atoms with E-state index in [4.69, 9.17) is 4.98 Å². The van der Waals surface area contributed by atoms with Crippen molar-refractivity contribution in [2.75, 3.05) is 13.1 Å². The minimum atomic E-state index is -1.13. The van der Waals surface area contributed by atoms with E-state index in [0.29, 0.717) is 60.3 Å². The number of allylic oxidation sites excluding steroid dienone is 2. The summed E-state index contributed by atoms with van der Waals surface area (Å²) in [6, 6.07) is 24.2. The quantitative estimate of drug-likeness (QED) is 0.122. The summed E-state index contributed by atoms with van der Waals surface area (Å²) in [7, 11) is 0. The Morgan fingerprint density at radius 3 is 1.92 bits per heavy atom. The molecule has 304 valence electrons. The maximum absolute atomic E-state index is 14.2. The molecular weight excluding hydrogens is 749 g/mol. The second-order valence-electron chi connectivity index (χ2n) is 18.0. The summed E-state index contributed by atoms with van der Waals surface area (Å²) in [6.45, 7) is 9.00. The molecular formula is C50H50N6O4. The summed E-state index contributed by atoms with van der Waals surface area (Å²) in [5, 5.41) is 8.24.